The van der Waals surface area contributed by atoms with Gasteiger partial charge in [-0.25, -0.2) is 4.79 Å². The van der Waals surface area contributed by atoms with Crippen LogP contribution in [0.4, 0.5) is 10.5 Å². The van der Waals surface area contributed by atoms with Gasteiger partial charge in [-0.05, 0) is 24.3 Å². The Kier molecular flexibility index (Phi) is 3.38. The molecular formula is C13H14N4O2. The van der Waals surface area contributed by atoms with Gasteiger partial charge in [0, 0.05) is 25.3 Å². The van der Waals surface area contributed by atoms with Gasteiger partial charge in [-0.15, -0.1) is 0 Å². The second-order valence-corrected chi connectivity index (χ2v) is 4.50. The van der Waals surface area contributed by atoms with Crippen molar-refractivity contribution in [3.63, 3.8) is 0 Å². The number of amides is 3. The summed E-state index contributed by atoms with van der Waals surface area (Å²) in [5.74, 6) is -0.459. The van der Waals surface area contributed by atoms with Gasteiger partial charge in [-0.1, -0.05) is 0 Å². The molecule has 1 aromatic carbocycles. The molecule has 1 aliphatic heterocycles. The Bertz CT molecular complexity index is 545. The maximum Gasteiger partial charge on any atom is 0.325 e. The molecule has 0 aromatic heterocycles. The third-order valence-corrected chi connectivity index (χ3v) is 2.89. The Balaban J connectivity index is 1.97. The van der Waals surface area contributed by atoms with Gasteiger partial charge in [-0.2, -0.15) is 5.26 Å². The van der Waals surface area contributed by atoms with Crippen LogP contribution < -0.4 is 10.2 Å². The van der Waals surface area contributed by atoms with Gasteiger partial charge in [0.1, 0.15) is 6.04 Å². The molecule has 0 bridgehead atoms. The summed E-state index contributed by atoms with van der Waals surface area (Å²) in [5.41, 5.74) is 1.38. The molecule has 0 saturated carbocycles. The Morgan fingerprint density at radius 3 is 2.47 bits per heavy atom. The second-order valence-electron chi connectivity index (χ2n) is 4.50. The molecule has 1 fully saturated rings. The van der Waals surface area contributed by atoms with Gasteiger partial charge in [-0.3, -0.25) is 10.1 Å². The van der Waals surface area contributed by atoms with Crippen molar-refractivity contribution in [3.8, 4) is 6.07 Å². The van der Waals surface area contributed by atoms with Crippen molar-refractivity contribution in [2.45, 2.75) is 6.04 Å². The first-order chi connectivity index (χ1) is 9.02. The van der Waals surface area contributed by atoms with Crippen LogP contribution in [-0.4, -0.2) is 43.5 Å². The number of benzene rings is 1. The smallest absolute Gasteiger partial charge is 0.325 e. The highest BCUT2D eigenvalue weighted by molar-refractivity contribution is 6.04. The number of anilines is 1. The van der Waals surface area contributed by atoms with Crippen molar-refractivity contribution in [2.24, 2.45) is 0 Å². The van der Waals surface area contributed by atoms with Crippen LogP contribution in [0.25, 0.3) is 0 Å². The van der Waals surface area contributed by atoms with Crippen LogP contribution in [0.15, 0.2) is 24.3 Å². The Hall–Kier alpha value is -2.55. The minimum atomic E-state index is -0.520. The normalized spacial score (nSPS) is 16.5. The number of imide groups is 1. The molecule has 1 unspecified atom stereocenters. The minimum absolute atomic E-state index is 0.384. The molecule has 2 rings (SSSR count). The molecule has 1 aromatic rings. The highest BCUT2D eigenvalue weighted by Gasteiger charge is 2.39. The third kappa shape index (κ3) is 2.83. The topological polar surface area (TPSA) is 76.2 Å². The van der Waals surface area contributed by atoms with Crippen LogP contribution in [0.1, 0.15) is 10.4 Å². The lowest BCUT2D eigenvalue weighted by molar-refractivity contribution is 0.0960. The van der Waals surface area contributed by atoms with E-state index >= 15 is 0 Å². The van der Waals surface area contributed by atoms with E-state index in [1.165, 1.54) is 4.90 Å². The van der Waals surface area contributed by atoms with E-state index in [9.17, 15) is 9.59 Å². The number of nitriles is 1. The van der Waals surface area contributed by atoms with Crippen molar-refractivity contribution < 1.29 is 9.59 Å². The van der Waals surface area contributed by atoms with E-state index in [1.807, 2.05) is 25.1 Å². The lowest BCUT2D eigenvalue weighted by Crippen LogP contribution is -2.34. The van der Waals surface area contributed by atoms with Crippen LogP contribution in [0.2, 0.25) is 0 Å². The molecule has 0 aliphatic carbocycles. The highest BCUT2D eigenvalue weighted by atomic mass is 16.2. The number of nitrogens with one attached hydrogen (secondary N) is 1. The number of nitrogens with zero attached hydrogens (tertiary/aromatic N) is 3. The second kappa shape index (κ2) is 4.98. The number of rotatable bonds is 2. The third-order valence-electron chi connectivity index (χ3n) is 2.89. The van der Waals surface area contributed by atoms with Gasteiger partial charge in [0.25, 0.3) is 5.91 Å². The standard InChI is InChI=1S/C13H14N4O2/c1-16(2)10-5-3-9(4-6-10)12(18)15-13(19)17-8-11(17)7-14/h3-6,11H,8H2,1-2H3,(H,15,18,19). The van der Waals surface area contributed by atoms with Crippen LogP contribution in [0.5, 0.6) is 0 Å². The maximum atomic E-state index is 11.8. The summed E-state index contributed by atoms with van der Waals surface area (Å²) in [7, 11) is 3.81. The van der Waals surface area contributed by atoms with Crippen molar-refractivity contribution in [2.75, 3.05) is 25.5 Å². The fourth-order valence-electron chi connectivity index (χ4n) is 1.63. The van der Waals surface area contributed by atoms with Crippen LogP contribution >= 0.6 is 0 Å². The van der Waals surface area contributed by atoms with Crippen molar-refractivity contribution >= 4 is 17.6 Å². The van der Waals surface area contributed by atoms with E-state index in [2.05, 4.69) is 5.32 Å². The first-order valence-electron chi connectivity index (χ1n) is 5.82. The van der Waals surface area contributed by atoms with E-state index in [-0.39, 0.29) is 0 Å². The Labute approximate surface area is 111 Å². The molecule has 0 spiro atoms. The molecule has 6 nitrogen and oxygen atoms in total. The quantitative estimate of drug-likeness (QED) is 0.796. The van der Waals surface area contributed by atoms with E-state index in [4.69, 9.17) is 5.26 Å². The molecule has 1 heterocycles. The van der Waals surface area contributed by atoms with Crippen LogP contribution in [0.3, 0.4) is 0 Å². The van der Waals surface area contributed by atoms with Crippen molar-refractivity contribution in [1.29, 1.82) is 5.26 Å². The number of hydrogen-bond donors (Lipinski definition) is 1. The number of carbonyl (C=O) groups is 2. The zero-order valence-corrected chi connectivity index (χ0v) is 10.8. The Morgan fingerprint density at radius 1 is 1.37 bits per heavy atom. The molecule has 19 heavy (non-hydrogen) atoms. The SMILES string of the molecule is CN(C)c1ccc(C(=O)NC(=O)N2CC2C#N)cc1. The molecule has 98 valence electrons. The molecule has 1 N–H and O–H groups in total. The van der Waals surface area contributed by atoms with E-state index in [1.54, 1.807) is 24.3 Å². The predicted molar refractivity (Wildman–Crippen MR) is 69.7 cm³/mol. The summed E-state index contributed by atoms with van der Waals surface area (Å²) < 4.78 is 0. The molecule has 1 atom stereocenters. The molecule has 6 heteroatoms. The summed E-state index contributed by atoms with van der Waals surface area (Å²) in [4.78, 5) is 26.6. The zero-order chi connectivity index (χ0) is 14.0. The number of hydrogen-bond acceptors (Lipinski definition) is 4. The fraction of sp³-hybridized carbons (Fsp3) is 0.308. The van der Waals surface area contributed by atoms with Gasteiger partial charge in [0.05, 0.1) is 12.6 Å². The Morgan fingerprint density at radius 2 is 2.00 bits per heavy atom. The summed E-state index contributed by atoms with van der Waals surface area (Å²) in [5, 5.41) is 10.9. The summed E-state index contributed by atoms with van der Waals surface area (Å²) in [6.45, 7) is 0.384. The lowest BCUT2D eigenvalue weighted by Gasteiger charge is -2.12. The lowest BCUT2D eigenvalue weighted by atomic mass is 10.2. The van der Waals surface area contributed by atoms with E-state index < -0.39 is 18.0 Å². The predicted octanol–water partition coefficient (Wildman–Crippen LogP) is 0.810. The van der Waals surface area contributed by atoms with E-state index in [0.29, 0.717) is 12.1 Å². The number of urea groups is 1. The first-order valence-corrected chi connectivity index (χ1v) is 5.82. The highest BCUT2D eigenvalue weighted by Crippen LogP contribution is 2.16. The van der Waals surface area contributed by atoms with Crippen LogP contribution in [0, 0.1) is 11.3 Å². The number of carbonyl (C=O) groups excluding carboxylic acids is 2. The average molecular weight is 258 g/mol. The summed E-state index contributed by atoms with van der Waals surface area (Å²) in [6.07, 6.45) is 0. The molecule has 3 amide bonds. The molecular weight excluding hydrogens is 244 g/mol. The first kappa shape index (κ1) is 12.9. The van der Waals surface area contributed by atoms with E-state index in [0.717, 1.165) is 5.69 Å². The van der Waals surface area contributed by atoms with Gasteiger partial charge >= 0.3 is 6.03 Å². The van der Waals surface area contributed by atoms with Gasteiger partial charge in [0.15, 0.2) is 0 Å². The van der Waals surface area contributed by atoms with Crippen molar-refractivity contribution in [3.05, 3.63) is 29.8 Å². The van der Waals surface area contributed by atoms with Gasteiger partial charge in [0.2, 0.25) is 0 Å². The zero-order valence-electron chi connectivity index (χ0n) is 10.8. The van der Waals surface area contributed by atoms with Crippen LogP contribution in [-0.2, 0) is 0 Å². The molecule has 0 radical (unpaired) electrons. The monoisotopic (exact) mass is 258 g/mol. The minimum Gasteiger partial charge on any atom is -0.378 e. The summed E-state index contributed by atoms with van der Waals surface area (Å²) >= 11 is 0. The van der Waals surface area contributed by atoms with Gasteiger partial charge < -0.3 is 9.80 Å². The largest absolute Gasteiger partial charge is 0.378 e. The maximum absolute atomic E-state index is 11.8. The van der Waals surface area contributed by atoms with Crippen molar-refractivity contribution in [1.82, 2.24) is 10.2 Å². The molecule has 1 aliphatic rings. The fourth-order valence-corrected chi connectivity index (χ4v) is 1.63. The summed E-state index contributed by atoms with van der Waals surface area (Å²) in [6, 6.07) is 7.94. The average Bonchev–Trinajstić information content (AvgIpc) is 3.18. The molecule has 1 saturated heterocycles.